The van der Waals surface area contributed by atoms with E-state index in [2.05, 4.69) is 52.2 Å². The number of benzene rings is 1. The van der Waals surface area contributed by atoms with Crippen molar-refractivity contribution in [2.45, 2.75) is 114 Å². The van der Waals surface area contributed by atoms with E-state index in [4.69, 9.17) is 5.11 Å². The minimum Gasteiger partial charge on any atom is -0.396 e. The molecule has 1 aromatic carbocycles. The maximum atomic E-state index is 14.2. The number of hydrogen-bond acceptors (Lipinski definition) is 5. The minimum atomic E-state index is -0.604. The summed E-state index contributed by atoms with van der Waals surface area (Å²) in [5.41, 5.74) is 0.621. The maximum Gasteiger partial charge on any atom is 0.244 e. The molecular weight excluding hydrogens is 522 g/mol. The first kappa shape index (κ1) is 30.9. The molecule has 0 saturated carbocycles. The van der Waals surface area contributed by atoms with Crippen molar-refractivity contribution in [1.82, 2.24) is 15.5 Å². The van der Waals surface area contributed by atoms with E-state index < -0.39 is 28.2 Å². The second kappa shape index (κ2) is 11.7. The van der Waals surface area contributed by atoms with Crippen LogP contribution < -0.4 is 10.6 Å². The number of aliphatic hydroxyl groups is 1. The molecule has 7 nitrogen and oxygen atoms in total. The normalized spacial score (nSPS) is 29.5. The zero-order chi connectivity index (χ0) is 29.3. The van der Waals surface area contributed by atoms with E-state index >= 15 is 0 Å². The van der Waals surface area contributed by atoms with Crippen LogP contribution in [0.4, 0.5) is 0 Å². The van der Waals surface area contributed by atoms with Crippen molar-refractivity contribution in [1.29, 1.82) is 0 Å². The number of carbonyl (C=O) groups excluding carboxylic acids is 3. The number of rotatable bonds is 12. The van der Waals surface area contributed by atoms with Gasteiger partial charge in [0.2, 0.25) is 17.7 Å². The van der Waals surface area contributed by atoms with Crippen LogP contribution in [0.25, 0.3) is 0 Å². The summed E-state index contributed by atoms with van der Waals surface area (Å²) < 4.78 is -0.985. The van der Waals surface area contributed by atoms with Crippen molar-refractivity contribution in [3.8, 4) is 0 Å². The van der Waals surface area contributed by atoms with Crippen LogP contribution in [0, 0.1) is 17.3 Å². The number of nitrogens with zero attached hydrogens (tertiary/aromatic N) is 1. The summed E-state index contributed by atoms with van der Waals surface area (Å²) in [5, 5.41) is 15.6. The first-order valence-corrected chi connectivity index (χ1v) is 15.8. The predicted octanol–water partition coefficient (Wildman–Crippen LogP) is 4.67. The zero-order valence-corrected chi connectivity index (χ0v) is 26.0. The molecule has 3 fully saturated rings. The number of amides is 3. The fourth-order valence-electron chi connectivity index (χ4n) is 7.78. The van der Waals surface area contributed by atoms with Gasteiger partial charge in [-0.2, -0.15) is 0 Å². The Balaban J connectivity index is 1.61. The van der Waals surface area contributed by atoms with Crippen molar-refractivity contribution in [3.05, 3.63) is 35.9 Å². The molecule has 3 saturated heterocycles. The molecule has 2 unspecified atom stereocenters. The molecule has 40 heavy (non-hydrogen) atoms. The van der Waals surface area contributed by atoms with Crippen LogP contribution in [0.2, 0.25) is 0 Å². The molecule has 3 aliphatic rings. The monoisotopic (exact) mass is 571 g/mol. The third kappa shape index (κ3) is 6.23. The number of nitrogens with one attached hydrogen (secondary N) is 2. The molecule has 0 aliphatic carbocycles. The predicted molar refractivity (Wildman–Crippen MR) is 161 cm³/mol. The number of unbranched alkanes of at least 4 members (excludes halogenated alkanes) is 3. The molecule has 4 rings (SSSR count). The van der Waals surface area contributed by atoms with Crippen molar-refractivity contribution >= 4 is 29.5 Å². The Morgan fingerprint density at radius 2 is 1.70 bits per heavy atom. The summed E-state index contributed by atoms with van der Waals surface area (Å²) in [6, 6.07) is 9.23. The van der Waals surface area contributed by atoms with Crippen LogP contribution in [0.15, 0.2) is 30.3 Å². The van der Waals surface area contributed by atoms with E-state index in [1.165, 1.54) is 0 Å². The second-order valence-electron chi connectivity index (χ2n) is 14.2. The maximum absolute atomic E-state index is 14.2. The first-order chi connectivity index (χ1) is 18.7. The van der Waals surface area contributed by atoms with Gasteiger partial charge in [0.25, 0.3) is 0 Å². The fraction of sp³-hybridized carbons (Fsp3) is 0.719. The van der Waals surface area contributed by atoms with Crippen LogP contribution in [0.3, 0.4) is 0 Å². The molecule has 0 radical (unpaired) electrons. The van der Waals surface area contributed by atoms with Crippen molar-refractivity contribution in [3.63, 3.8) is 0 Å². The summed E-state index contributed by atoms with van der Waals surface area (Å²) >= 11 is 1.72. The molecule has 8 heteroatoms. The van der Waals surface area contributed by atoms with Gasteiger partial charge in [-0.25, -0.2) is 0 Å². The highest BCUT2D eigenvalue weighted by Gasteiger charge is 2.77. The molecule has 1 spiro atoms. The van der Waals surface area contributed by atoms with Crippen LogP contribution in [0.1, 0.15) is 92.1 Å². The highest BCUT2D eigenvalue weighted by atomic mass is 32.2. The summed E-state index contributed by atoms with van der Waals surface area (Å²) in [6.45, 7) is 13.8. The molecule has 1 aromatic rings. The lowest BCUT2D eigenvalue weighted by molar-refractivity contribution is -0.141. The summed E-state index contributed by atoms with van der Waals surface area (Å²) in [4.78, 5) is 44.0. The number of fused-ring (bicyclic) bond motifs is 1. The summed E-state index contributed by atoms with van der Waals surface area (Å²) in [5.74, 6) is -1.21. The number of likely N-dealkylation sites (tertiary alicyclic amines) is 1. The lowest BCUT2D eigenvalue weighted by Gasteiger charge is -2.38. The average Bonchev–Trinajstić information content (AvgIpc) is 3.42. The van der Waals surface area contributed by atoms with Gasteiger partial charge in [-0.15, -0.1) is 11.8 Å². The number of hydrogen-bond donors (Lipinski definition) is 3. The molecule has 222 valence electrons. The van der Waals surface area contributed by atoms with Gasteiger partial charge in [0.15, 0.2) is 0 Å². The van der Waals surface area contributed by atoms with Gasteiger partial charge in [-0.1, -0.05) is 63.9 Å². The van der Waals surface area contributed by atoms with Crippen molar-refractivity contribution in [2.75, 3.05) is 13.2 Å². The van der Waals surface area contributed by atoms with Gasteiger partial charge in [-0.05, 0) is 63.9 Å². The largest absolute Gasteiger partial charge is 0.396 e. The Kier molecular flexibility index (Phi) is 9.01. The van der Waals surface area contributed by atoms with Crippen LogP contribution in [0.5, 0.6) is 0 Å². The Morgan fingerprint density at radius 1 is 1.02 bits per heavy atom. The van der Waals surface area contributed by atoms with E-state index in [0.29, 0.717) is 13.1 Å². The average molecular weight is 572 g/mol. The van der Waals surface area contributed by atoms with Gasteiger partial charge >= 0.3 is 0 Å². The van der Waals surface area contributed by atoms with E-state index in [0.717, 1.165) is 50.5 Å². The lowest BCUT2D eigenvalue weighted by atomic mass is 9.66. The lowest BCUT2D eigenvalue weighted by Crippen LogP contribution is -2.58. The number of carbonyl (C=O) groups is 3. The topological polar surface area (TPSA) is 98.7 Å². The summed E-state index contributed by atoms with van der Waals surface area (Å²) in [7, 11) is 0. The van der Waals surface area contributed by atoms with E-state index in [1.807, 2.05) is 35.2 Å². The zero-order valence-electron chi connectivity index (χ0n) is 25.2. The number of aliphatic hydroxyl groups excluding tert-OH is 1. The standard InChI is InChI=1S/C32H49N3O4S/c1-29(2,3)21-30(4,5)34-27(38)25-32-17-16-31(6,40-32)23(26(37)33-20-22-14-10-9-11-15-22)24(32)28(39)35(25)18-12-7-8-13-19-36/h9-11,14-15,23-25,36H,7-8,12-13,16-21H2,1-6H3,(H,33,37)(H,34,38)/t23-,24+,25?,31+,32?/m1/s1. The molecule has 3 heterocycles. The van der Waals surface area contributed by atoms with Crippen molar-refractivity contribution in [2.24, 2.45) is 17.3 Å². The third-order valence-corrected chi connectivity index (χ3v) is 10.8. The molecule has 3 aliphatic heterocycles. The molecule has 3 N–H and O–H groups in total. The first-order valence-electron chi connectivity index (χ1n) is 15.0. The summed E-state index contributed by atoms with van der Waals surface area (Å²) in [6.07, 6.45) is 5.66. The van der Waals surface area contributed by atoms with Crippen LogP contribution >= 0.6 is 11.8 Å². The van der Waals surface area contributed by atoms with Gasteiger partial charge in [0.1, 0.15) is 6.04 Å². The van der Waals surface area contributed by atoms with Gasteiger partial charge < -0.3 is 20.6 Å². The fourth-order valence-corrected chi connectivity index (χ4v) is 10.1. The van der Waals surface area contributed by atoms with Gasteiger partial charge in [-0.3, -0.25) is 14.4 Å². The quantitative estimate of drug-likeness (QED) is 0.317. The Morgan fingerprint density at radius 3 is 2.35 bits per heavy atom. The highest BCUT2D eigenvalue weighted by Crippen LogP contribution is 2.71. The minimum absolute atomic E-state index is 0.0332. The van der Waals surface area contributed by atoms with Gasteiger partial charge in [0, 0.05) is 30.0 Å². The smallest absolute Gasteiger partial charge is 0.244 e. The second-order valence-corrected chi connectivity index (χ2v) is 16.1. The highest BCUT2D eigenvalue weighted by molar-refractivity contribution is 8.02. The van der Waals surface area contributed by atoms with Crippen molar-refractivity contribution < 1.29 is 19.5 Å². The Bertz CT molecular complexity index is 1090. The Hall–Kier alpha value is -2.06. The van der Waals surface area contributed by atoms with Crippen LogP contribution in [-0.2, 0) is 20.9 Å². The van der Waals surface area contributed by atoms with E-state index in [-0.39, 0.29) is 34.5 Å². The molecule has 5 atom stereocenters. The van der Waals surface area contributed by atoms with Gasteiger partial charge in [0.05, 0.1) is 16.6 Å². The molecule has 2 bridgehead atoms. The third-order valence-electron chi connectivity index (χ3n) is 8.86. The van der Waals surface area contributed by atoms with E-state index in [1.54, 1.807) is 11.8 Å². The Labute approximate surface area is 244 Å². The SMILES string of the molecule is CC(C)(C)CC(C)(C)NC(=O)C1N(CCCCCCO)C(=O)[C@@H]2[C@H](C(=O)NCc3ccccc3)[C@]3(C)CCC12S3. The molecule has 0 aromatic heterocycles. The molecular formula is C32H49N3O4S. The molecule has 3 amide bonds. The van der Waals surface area contributed by atoms with Crippen LogP contribution in [-0.4, -0.2) is 62.0 Å². The van der Waals surface area contributed by atoms with E-state index in [9.17, 15) is 14.4 Å². The number of thioether (sulfide) groups is 1.